The molecule has 0 unspecified atom stereocenters. The van der Waals surface area contributed by atoms with Crippen molar-refractivity contribution in [2.45, 2.75) is 25.1 Å². The number of rotatable bonds is 2. The molecule has 1 aromatic carbocycles. The van der Waals surface area contributed by atoms with Crippen LogP contribution in [0.25, 0.3) is 0 Å². The van der Waals surface area contributed by atoms with Crippen molar-refractivity contribution in [1.29, 1.82) is 0 Å². The molecule has 18 heavy (non-hydrogen) atoms. The maximum absolute atomic E-state index is 12.6. The molecule has 7 heteroatoms. The standard InChI is InChI=1S/C11H10ClF3N2O/c12-9-4-3-7(5-8(9)11(13,14)15)17-10(18)16-6-1-2-6/h3-6H,1-2H2,(H2,16,17,18). The van der Waals surface area contributed by atoms with Crippen LogP contribution in [0.2, 0.25) is 5.02 Å². The molecule has 0 aromatic heterocycles. The van der Waals surface area contributed by atoms with E-state index in [0.717, 1.165) is 25.0 Å². The number of nitrogens with one attached hydrogen (secondary N) is 2. The minimum atomic E-state index is -4.54. The summed E-state index contributed by atoms with van der Waals surface area (Å²) in [6.45, 7) is 0. The predicted molar refractivity (Wildman–Crippen MR) is 61.6 cm³/mol. The van der Waals surface area contributed by atoms with E-state index in [-0.39, 0.29) is 11.7 Å². The van der Waals surface area contributed by atoms with Gasteiger partial charge in [-0.1, -0.05) is 11.6 Å². The zero-order valence-corrected chi connectivity index (χ0v) is 9.90. The lowest BCUT2D eigenvalue weighted by atomic mass is 10.2. The third-order valence-corrected chi connectivity index (χ3v) is 2.77. The zero-order valence-electron chi connectivity index (χ0n) is 9.14. The van der Waals surface area contributed by atoms with E-state index in [0.29, 0.717) is 0 Å². The van der Waals surface area contributed by atoms with Crippen molar-refractivity contribution in [3.8, 4) is 0 Å². The number of anilines is 1. The van der Waals surface area contributed by atoms with Gasteiger partial charge in [-0.15, -0.1) is 0 Å². The van der Waals surface area contributed by atoms with Crippen LogP contribution in [-0.2, 0) is 6.18 Å². The van der Waals surface area contributed by atoms with E-state index in [1.54, 1.807) is 0 Å². The van der Waals surface area contributed by atoms with E-state index < -0.39 is 22.8 Å². The van der Waals surface area contributed by atoms with Crippen molar-refractivity contribution >= 4 is 23.3 Å². The van der Waals surface area contributed by atoms with Gasteiger partial charge in [0.05, 0.1) is 10.6 Å². The highest BCUT2D eigenvalue weighted by atomic mass is 35.5. The Morgan fingerprint density at radius 3 is 2.56 bits per heavy atom. The second kappa shape index (κ2) is 4.68. The number of hydrogen-bond donors (Lipinski definition) is 2. The molecule has 2 N–H and O–H groups in total. The molecule has 1 aliphatic rings. The normalized spacial score (nSPS) is 15.3. The lowest BCUT2D eigenvalue weighted by Crippen LogP contribution is -2.30. The van der Waals surface area contributed by atoms with Crippen molar-refractivity contribution in [2.75, 3.05) is 5.32 Å². The van der Waals surface area contributed by atoms with Gasteiger partial charge in [0.15, 0.2) is 0 Å². The first-order valence-corrected chi connectivity index (χ1v) is 5.68. The van der Waals surface area contributed by atoms with E-state index in [1.807, 2.05) is 0 Å². The molecule has 0 spiro atoms. The first-order chi connectivity index (χ1) is 8.36. The number of benzene rings is 1. The van der Waals surface area contributed by atoms with Crippen molar-refractivity contribution in [3.63, 3.8) is 0 Å². The highest BCUT2D eigenvalue weighted by molar-refractivity contribution is 6.31. The molecule has 0 bridgehead atoms. The molecule has 1 saturated carbocycles. The smallest absolute Gasteiger partial charge is 0.335 e. The number of urea groups is 1. The average Bonchev–Trinajstić information content (AvgIpc) is 3.03. The minimum Gasteiger partial charge on any atom is -0.335 e. The Morgan fingerprint density at radius 1 is 1.33 bits per heavy atom. The molecule has 2 rings (SSSR count). The molecular formula is C11H10ClF3N2O. The molecule has 1 aromatic rings. The topological polar surface area (TPSA) is 41.1 Å². The second-order valence-electron chi connectivity index (χ2n) is 4.07. The first kappa shape index (κ1) is 13.0. The fourth-order valence-electron chi connectivity index (χ4n) is 1.40. The Bertz CT molecular complexity index is 472. The van der Waals surface area contributed by atoms with E-state index >= 15 is 0 Å². The van der Waals surface area contributed by atoms with E-state index in [2.05, 4.69) is 10.6 Å². The number of alkyl halides is 3. The summed E-state index contributed by atoms with van der Waals surface area (Å²) in [4.78, 5) is 11.4. The number of amides is 2. The second-order valence-corrected chi connectivity index (χ2v) is 4.47. The van der Waals surface area contributed by atoms with Gasteiger partial charge in [0.25, 0.3) is 0 Å². The average molecular weight is 279 g/mol. The highest BCUT2D eigenvalue weighted by Crippen LogP contribution is 2.36. The Morgan fingerprint density at radius 2 is 2.00 bits per heavy atom. The van der Waals surface area contributed by atoms with Crippen LogP contribution in [0.5, 0.6) is 0 Å². The van der Waals surface area contributed by atoms with Gasteiger partial charge in [-0.25, -0.2) is 4.79 Å². The van der Waals surface area contributed by atoms with Gasteiger partial charge in [-0.05, 0) is 31.0 Å². The summed E-state index contributed by atoms with van der Waals surface area (Å²) in [5.41, 5.74) is -0.904. The Labute approximate surface area is 106 Å². The van der Waals surface area contributed by atoms with E-state index in [1.165, 1.54) is 6.07 Å². The molecule has 0 saturated heterocycles. The van der Waals surface area contributed by atoms with Gasteiger partial charge in [0, 0.05) is 11.7 Å². The lowest BCUT2D eigenvalue weighted by molar-refractivity contribution is -0.137. The maximum Gasteiger partial charge on any atom is 0.417 e. The van der Waals surface area contributed by atoms with Gasteiger partial charge in [-0.2, -0.15) is 13.2 Å². The zero-order chi connectivity index (χ0) is 13.3. The first-order valence-electron chi connectivity index (χ1n) is 5.30. The molecule has 98 valence electrons. The Hall–Kier alpha value is -1.43. The number of carbonyl (C=O) groups excluding carboxylic acids is 1. The van der Waals surface area contributed by atoms with Gasteiger partial charge in [-0.3, -0.25) is 0 Å². The van der Waals surface area contributed by atoms with Crippen LogP contribution in [-0.4, -0.2) is 12.1 Å². The molecule has 0 aliphatic heterocycles. The number of halogens is 4. The summed E-state index contributed by atoms with van der Waals surface area (Å²) in [5, 5.41) is 4.56. The van der Waals surface area contributed by atoms with Crippen LogP contribution >= 0.6 is 11.6 Å². The predicted octanol–water partition coefficient (Wildman–Crippen LogP) is 3.64. The number of carbonyl (C=O) groups is 1. The molecule has 1 aliphatic carbocycles. The summed E-state index contributed by atoms with van der Waals surface area (Å²) >= 11 is 5.46. The van der Waals surface area contributed by atoms with Crippen LogP contribution in [0, 0.1) is 0 Å². The number of hydrogen-bond acceptors (Lipinski definition) is 1. The molecule has 2 amide bonds. The van der Waals surface area contributed by atoms with Gasteiger partial charge in [0.1, 0.15) is 0 Å². The monoisotopic (exact) mass is 278 g/mol. The molecule has 0 radical (unpaired) electrons. The quantitative estimate of drug-likeness (QED) is 0.852. The van der Waals surface area contributed by atoms with Crippen LogP contribution in [0.15, 0.2) is 18.2 Å². The van der Waals surface area contributed by atoms with Crippen LogP contribution < -0.4 is 10.6 Å². The molecule has 3 nitrogen and oxygen atoms in total. The van der Waals surface area contributed by atoms with Crippen LogP contribution in [0.3, 0.4) is 0 Å². The Kier molecular flexibility index (Phi) is 3.38. The van der Waals surface area contributed by atoms with Crippen molar-refractivity contribution in [2.24, 2.45) is 0 Å². The molecule has 1 fully saturated rings. The van der Waals surface area contributed by atoms with E-state index in [4.69, 9.17) is 11.6 Å². The maximum atomic E-state index is 12.6. The van der Waals surface area contributed by atoms with Crippen molar-refractivity contribution < 1.29 is 18.0 Å². The SMILES string of the molecule is O=C(Nc1ccc(Cl)c(C(F)(F)F)c1)NC1CC1. The third kappa shape index (κ3) is 3.29. The molecule has 0 heterocycles. The highest BCUT2D eigenvalue weighted by Gasteiger charge is 2.33. The van der Waals surface area contributed by atoms with Crippen molar-refractivity contribution in [3.05, 3.63) is 28.8 Å². The summed E-state index contributed by atoms with van der Waals surface area (Å²) in [6.07, 6.45) is -2.73. The minimum absolute atomic E-state index is 0.0601. The third-order valence-electron chi connectivity index (χ3n) is 2.44. The molecular weight excluding hydrogens is 269 g/mol. The van der Waals surface area contributed by atoms with Crippen LogP contribution in [0.1, 0.15) is 18.4 Å². The summed E-state index contributed by atoms with van der Waals surface area (Å²) in [5.74, 6) is 0. The lowest BCUT2D eigenvalue weighted by Gasteiger charge is -2.12. The summed E-state index contributed by atoms with van der Waals surface area (Å²) in [6, 6.07) is 2.88. The van der Waals surface area contributed by atoms with Gasteiger partial charge in [0.2, 0.25) is 0 Å². The van der Waals surface area contributed by atoms with Crippen molar-refractivity contribution in [1.82, 2.24) is 5.32 Å². The summed E-state index contributed by atoms with van der Waals surface area (Å²) in [7, 11) is 0. The van der Waals surface area contributed by atoms with Crippen LogP contribution in [0.4, 0.5) is 23.7 Å². The van der Waals surface area contributed by atoms with Gasteiger partial charge < -0.3 is 10.6 Å². The van der Waals surface area contributed by atoms with Gasteiger partial charge >= 0.3 is 12.2 Å². The van der Waals surface area contributed by atoms with E-state index in [9.17, 15) is 18.0 Å². The fraction of sp³-hybridized carbons (Fsp3) is 0.364. The summed E-state index contributed by atoms with van der Waals surface area (Å²) < 4.78 is 37.7. The fourth-order valence-corrected chi connectivity index (χ4v) is 1.63. The largest absolute Gasteiger partial charge is 0.417 e. The Balaban J connectivity index is 2.11. The molecule has 0 atom stereocenters.